The summed E-state index contributed by atoms with van der Waals surface area (Å²) in [6, 6.07) is 22.6. The molecule has 0 saturated carbocycles. The van der Waals surface area contributed by atoms with E-state index in [9.17, 15) is 4.39 Å². The number of halogens is 1. The van der Waals surface area contributed by atoms with Crippen LogP contribution in [-0.2, 0) is 13.1 Å². The maximum absolute atomic E-state index is 14.5. The topological polar surface area (TPSA) is 41.9 Å². The van der Waals surface area contributed by atoms with Crippen molar-refractivity contribution in [1.82, 2.24) is 4.90 Å². The van der Waals surface area contributed by atoms with Gasteiger partial charge in [0.25, 0.3) is 0 Å². The van der Waals surface area contributed by atoms with E-state index in [0.717, 1.165) is 22.6 Å². The van der Waals surface area contributed by atoms with Crippen molar-refractivity contribution in [3.8, 4) is 11.5 Å². The minimum absolute atomic E-state index is 0.0191. The van der Waals surface area contributed by atoms with Crippen LogP contribution in [-0.4, -0.2) is 29.8 Å². The Kier molecular flexibility index (Phi) is 6.08. The summed E-state index contributed by atoms with van der Waals surface area (Å²) in [6.07, 6.45) is -0.395. The number of hydrogen-bond donors (Lipinski definition) is 1. The maximum atomic E-state index is 14.5. The molecule has 4 rings (SSSR count). The van der Waals surface area contributed by atoms with Gasteiger partial charge in [0.05, 0.1) is 6.61 Å². The molecule has 150 valence electrons. The van der Waals surface area contributed by atoms with Gasteiger partial charge in [-0.05, 0) is 29.8 Å². The Morgan fingerprint density at radius 2 is 1.86 bits per heavy atom. The summed E-state index contributed by atoms with van der Waals surface area (Å²) in [6.45, 7) is 2.21. The second-order valence-electron chi connectivity index (χ2n) is 7.12. The fraction of sp³-hybridized carbons (Fsp3) is 0.250. The van der Waals surface area contributed by atoms with Gasteiger partial charge in [-0.2, -0.15) is 0 Å². The van der Waals surface area contributed by atoms with E-state index < -0.39 is 6.10 Å². The molecule has 3 aromatic rings. The number of nitrogens with zero attached hydrogens (tertiary/aromatic N) is 1. The molecule has 0 spiro atoms. The summed E-state index contributed by atoms with van der Waals surface area (Å²) in [5.41, 5.74) is 2.74. The van der Waals surface area contributed by atoms with Gasteiger partial charge in [0.15, 0.2) is 0 Å². The van der Waals surface area contributed by atoms with E-state index in [1.807, 2.05) is 54.6 Å². The van der Waals surface area contributed by atoms with Gasteiger partial charge >= 0.3 is 0 Å². The summed E-state index contributed by atoms with van der Waals surface area (Å²) in [5, 5.41) is 8.96. The SMILES string of the molecule is OCCOc1cccc(CN2Cc3ccccc3OC(c3ccccc3F)C2)c1. The molecule has 1 heterocycles. The Labute approximate surface area is 170 Å². The molecule has 0 fully saturated rings. The number of rotatable bonds is 6. The van der Waals surface area contributed by atoms with Crippen LogP contribution in [0.5, 0.6) is 11.5 Å². The van der Waals surface area contributed by atoms with Gasteiger partial charge < -0.3 is 14.6 Å². The lowest BCUT2D eigenvalue weighted by atomic mass is 10.1. The molecule has 1 atom stereocenters. The zero-order chi connectivity index (χ0) is 20.1. The monoisotopic (exact) mass is 393 g/mol. The first-order valence-electron chi connectivity index (χ1n) is 9.77. The summed E-state index contributed by atoms with van der Waals surface area (Å²) >= 11 is 0. The van der Waals surface area contributed by atoms with Gasteiger partial charge in [0, 0.05) is 30.8 Å². The molecule has 0 amide bonds. The molecule has 5 heteroatoms. The van der Waals surface area contributed by atoms with Gasteiger partial charge in [-0.1, -0.05) is 48.5 Å². The Morgan fingerprint density at radius 1 is 1.03 bits per heavy atom. The number of para-hydroxylation sites is 1. The average molecular weight is 393 g/mol. The van der Waals surface area contributed by atoms with Gasteiger partial charge in [-0.25, -0.2) is 4.39 Å². The molecule has 1 aliphatic heterocycles. The number of ether oxygens (including phenoxy) is 2. The van der Waals surface area contributed by atoms with Crippen LogP contribution >= 0.6 is 0 Å². The van der Waals surface area contributed by atoms with Crippen molar-refractivity contribution in [3.63, 3.8) is 0 Å². The molecule has 0 aromatic heterocycles. The number of fused-ring (bicyclic) bond motifs is 1. The summed E-state index contributed by atoms with van der Waals surface area (Å²) in [7, 11) is 0. The minimum Gasteiger partial charge on any atom is -0.491 e. The van der Waals surface area contributed by atoms with Crippen LogP contribution in [0.1, 0.15) is 22.8 Å². The molecule has 0 aliphatic carbocycles. The largest absolute Gasteiger partial charge is 0.491 e. The van der Waals surface area contributed by atoms with E-state index in [0.29, 0.717) is 25.2 Å². The summed E-state index contributed by atoms with van der Waals surface area (Å²) in [4.78, 5) is 2.26. The lowest BCUT2D eigenvalue weighted by Crippen LogP contribution is -2.28. The Morgan fingerprint density at radius 3 is 2.72 bits per heavy atom. The van der Waals surface area contributed by atoms with Crippen molar-refractivity contribution in [2.75, 3.05) is 19.8 Å². The van der Waals surface area contributed by atoms with Gasteiger partial charge in [-0.3, -0.25) is 4.90 Å². The third-order valence-electron chi connectivity index (χ3n) is 4.98. The number of benzene rings is 3. The molecule has 4 nitrogen and oxygen atoms in total. The molecule has 1 aliphatic rings. The van der Waals surface area contributed by atoms with E-state index in [-0.39, 0.29) is 19.0 Å². The molecular weight excluding hydrogens is 369 g/mol. The minimum atomic E-state index is -0.395. The Bertz CT molecular complexity index is 962. The van der Waals surface area contributed by atoms with Crippen LogP contribution in [0.4, 0.5) is 4.39 Å². The number of hydrogen-bond acceptors (Lipinski definition) is 4. The van der Waals surface area contributed by atoms with Crippen molar-refractivity contribution < 1.29 is 19.0 Å². The smallest absolute Gasteiger partial charge is 0.139 e. The molecule has 1 unspecified atom stereocenters. The fourth-order valence-corrected chi connectivity index (χ4v) is 3.65. The third-order valence-corrected chi connectivity index (χ3v) is 4.98. The Hall–Kier alpha value is -2.89. The quantitative estimate of drug-likeness (QED) is 0.677. The first-order valence-corrected chi connectivity index (χ1v) is 9.77. The van der Waals surface area contributed by atoms with Crippen LogP contribution in [0.3, 0.4) is 0 Å². The number of aliphatic hydroxyl groups is 1. The van der Waals surface area contributed by atoms with Gasteiger partial charge in [-0.15, -0.1) is 0 Å². The second kappa shape index (κ2) is 9.07. The van der Waals surface area contributed by atoms with E-state index in [1.165, 1.54) is 6.07 Å². The van der Waals surface area contributed by atoms with Crippen molar-refractivity contribution in [3.05, 3.63) is 95.3 Å². The normalized spacial score (nSPS) is 16.6. The van der Waals surface area contributed by atoms with E-state index in [4.69, 9.17) is 14.6 Å². The molecule has 0 saturated heterocycles. The second-order valence-corrected chi connectivity index (χ2v) is 7.12. The fourth-order valence-electron chi connectivity index (χ4n) is 3.65. The molecule has 1 N–H and O–H groups in total. The lowest BCUT2D eigenvalue weighted by Gasteiger charge is -2.24. The van der Waals surface area contributed by atoms with Gasteiger partial charge in [0.1, 0.15) is 30.0 Å². The molecule has 29 heavy (non-hydrogen) atoms. The van der Waals surface area contributed by atoms with Crippen LogP contribution in [0, 0.1) is 5.82 Å². The standard InChI is InChI=1S/C24H24FNO3/c25-22-10-3-2-9-21(22)24-17-26(16-19-7-1-4-11-23(19)29-24)15-18-6-5-8-20(14-18)28-13-12-27/h1-11,14,24,27H,12-13,15-17H2. The summed E-state index contributed by atoms with van der Waals surface area (Å²) in [5.74, 6) is 1.27. The zero-order valence-electron chi connectivity index (χ0n) is 16.1. The van der Waals surface area contributed by atoms with Crippen LogP contribution < -0.4 is 9.47 Å². The van der Waals surface area contributed by atoms with Crippen molar-refractivity contribution in [2.24, 2.45) is 0 Å². The Balaban J connectivity index is 1.60. The highest BCUT2D eigenvalue weighted by molar-refractivity contribution is 5.36. The van der Waals surface area contributed by atoms with Crippen molar-refractivity contribution in [2.45, 2.75) is 19.2 Å². The van der Waals surface area contributed by atoms with Crippen LogP contribution in [0.2, 0.25) is 0 Å². The van der Waals surface area contributed by atoms with Crippen LogP contribution in [0.25, 0.3) is 0 Å². The van der Waals surface area contributed by atoms with Crippen molar-refractivity contribution >= 4 is 0 Å². The average Bonchev–Trinajstić information content (AvgIpc) is 2.91. The van der Waals surface area contributed by atoms with E-state index in [1.54, 1.807) is 12.1 Å². The van der Waals surface area contributed by atoms with E-state index >= 15 is 0 Å². The molecule has 0 bridgehead atoms. The maximum Gasteiger partial charge on any atom is 0.139 e. The highest BCUT2D eigenvalue weighted by Gasteiger charge is 2.26. The summed E-state index contributed by atoms with van der Waals surface area (Å²) < 4.78 is 26.2. The first-order chi connectivity index (χ1) is 14.2. The highest BCUT2D eigenvalue weighted by atomic mass is 19.1. The van der Waals surface area contributed by atoms with Crippen molar-refractivity contribution in [1.29, 1.82) is 0 Å². The zero-order valence-corrected chi connectivity index (χ0v) is 16.1. The predicted octanol–water partition coefficient (Wildman–Crippen LogP) is 4.33. The molecular formula is C24H24FNO3. The first kappa shape index (κ1) is 19.4. The van der Waals surface area contributed by atoms with Gasteiger partial charge in [0.2, 0.25) is 0 Å². The third kappa shape index (κ3) is 4.75. The number of aliphatic hydroxyl groups excluding tert-OH is 1. The highest BCUT2D eigenvalue weighted by Crippen LogP contribution is 2.32. The van der Waals surface area contributed by atoms with Crippen LogP contribution in [0.15, 0.2) is 72.8 Å². The predicted molar refractivity (Wildman–Crippen MR) is 109 cm³/mol. The lowest BCUT2D eigenvalue weighted by molar-refractivity contribution is 0.140. The molecule has 3 aromatic carbocycles. The molecule has 0 radical (unpaired) electrons. The van der Waals surface area contributed by atoms with E-state index in [2.05, 4.69) is 4.90 Å².